The average molecular weight is 328 g/mol. The van der Waals surface area contributed by atoms with Crippen molar-refractivity contribution in [2.75, 3.05) is 19.3 Å². The third-order valence-electron chi connectivity index (χ3n) is 4.57. The van der Waals surface area contributed by atoms with Gasteiger partial charge in [-0.25, -0.2) is 12.7 Å². The highest BCUT2D eigenvalue weighted by atomic mass is 32.2. The fourth-order valence-corrected chi connectivity index (χ4v) is 3.92. The Hall–Kier alpha value is -0.990. The van der Waals surface area contributed by atoms with E-state index in [4.69, 9.17) is 4.52 Å². The number of sulfonamides is 1. The number of nitrogens with one attached hydrogen (secondary N) is 1. The first-order chi connectivity index (χ1) is 10.3. The maximum absolute atomic E-state index is 11.6. The molecule has 0 bridgehead atoms. The van der Waals surface area contributed by atoms with E-state index < -0.39 is 10.0 Å². The van der Waals surface area contributed by atoms with Crippen molar-refractivity contribution in [1.29, 1.82) is 0 Å². The number of rotatable bonds is 5. The van der Waals surface area contributed by atoms with Gasteiger partial charge in [-0.3, -0.25) is 0 Å². The maximum Gasteiger partial charge on any atom is 0.243 e. The molecule has 7 nitrogen and oxygen atoms in total. The molecule has 1 N–H and O–H groups in total. The van der Waals surface area contributed by atoms with Crippen LogP contribution < -0.4 is 5.32 Å². The lowest BCUT2D eigenvalue weighted by atomic mass is 9.94. The Morgan fingerprint density at radius 1 is 1.36 bits per heavy atom. The minimum Gasteiger partial charge on any atom is -0.338 e. The lowest BCUT2D eigenvalue weighted by Crippen LogP contribution is -2.50. The van der Waals surface area contributed by atoms with E-state index in [2.05, 4.69) is 22.4 Å². The molecule has 0 amide bonds. The Bertz CT molecular complexity index is 626. The normalized spacial score (nSPS) is 28.7. The van der Waals surface area contributed by atoms with Gasteiger partial charge in [0.2, 0.25) is 15.9 Å². The van der Waals surface area contributed by atoms with E-state index in [9.17, 15) is 8.42 Å². The summed E-state index contributed by atoms with van der Waals surface area (Å²) in [6.07, 6.45) is 4.37. The van der Waals surface area contributed by atoms with E-state index in [0.717, 1.165) is 25.1 Å². The number of aromatic nitrogens is 2. The molecule has 0 spiro atoms. The molecule has 2 fully saturated rings. The van der Waals surface area contributed by atoms with Crippen LogP contribution in [-0.2, 0) is 10.0 Å². The third kappa shape index (κ3) is 3.49. The molecule has 1 saturated heterocycles. The van der Waals surface area contributed by atoms with Gasteiger partial charge in [-0.1, -0.05) is 12.1 Å². The summed E-state index contributed by atoms with van der Waals surface area (Å²) in [7, 11) is -3.10. The molecule has 1 aliphatic heterocycles. The molecule has 0 aromatic carbocycles. The van der Waals surface area contributed by atoms with Crippen molar-refractivity contribution in [2.45, 2.75) is 51.1 Å². The number of hydrogen-bond acceptors (Lipinski definition) is 6. The summed E-state index contributed by atoms with van der Waals surface area (Å²) >= 11 is 0. The van der Waals surface area contributed by atoms with Crippen molar-refractivity contribution in [2.24, 2.45) is 5.92 Å². The van der Waals surface area contributed by atoms with Gasteiger partial charge in [0, 0.05) is 25.0 Å². The topological polar surface area (TPSA) is 88.3 Å². The zero-order valence-electron chi connectivity index (χ0n) is 13.3. The van der Waals surface area contributed by atoms with Crippen LogP contribution in [0.15, 0.2) is 4.52 Å². The molecule has 1 saturated carbocycles. The molecule has 1 aromatic rings. The highest BCUT2D eigenvalue weighted by molar-refractivity contribution is 7.88. The van der Waals surface area contributed by atoms with Gasteiger partial charge < -0.3 is 9.84 Å². The standard InChI is InChI=1S/C14H24N4O3S/c1-9-8-18(22(3,19)20)7-6-12(9)15-10(2)14-16-13(17-21-14)11-4-5-11/h9-12,15H,4-8H2,1-3H3. The Morgan fingerprint density at radius 3 is 2.68 bits per heavy atom. The second-order valence-electron chi connectivity index (χ2n) is 6.65. The largest absolute Gasteiger partial charge is 0.338 e. The minimum atomic E-state index is -3.10. The molecule has 2 heterocycles. The van der Waals surface area contributed by atoms with Crippen molar-refractivity contribution >= 4 is 10.0 Å². The summed E-state index contributed by atoms with van der Waals surface area (Å²) in [5.74, 6) is 2.18. The zero-order valence-corrected chi connectivity index (χ0v) is 14.1. The molecule has 1 aromatic heterocycles. The molecular formula is C14H24N4O3S. The van der Waals surface area contributed by atoms with E-state index in [-0.39, 0.29) is 18.0 Å². The van der Waals surface area contributed by atoms with Gasteiger partial charge >= 0.3 is 0 Å². The second kappa shape index (κ2) is 5.90. The quantitative estimate of drug-likeness (QED) is 0.875. The van der Waals surface area contributed by atoms with Crippen LogP contribution in [0.2, 0.25) is 0 Å². The summed E-state index contributed by atoms with van der Waals surface area (Å²) in [6, 6.07) is 0.238. The van der Waals surface area contributed by atoms with Gasteiger partial charge in [-0.15, -0.1) is 0 Å². The van der Waals surface area contributed by atoms with Crippen LogP contribution in [0.5, 0.6) is 0 Å². The van der Waals surface area contributed by atoms with Crippen LogP contribution in [-0.4, -0.2) is 48.3 Å². The molecule has 124 valence electrons. The first kappa shape index (κ1) is 15.9. The van der Waals surface area contributed by atoms with E-state index >= 15 is 0 Å². The Balaban J connectivity index is 1.58. The number of nitrogens with zero attached hydrogens (tertiary/aromatic N) is 3. The van der Waals surface area contributed by atoms with Crippen LogP contribution in [0, 0.1) is 5.92 Å². The lowest BCUT2D eigenvalue weighted by Gasteiger charge is -2.36. The fraction of sp³-hybridized carbons (Fsp3) is 0.857. The predicted octanol–water partition coefficient (Wildman–Crippen LogP) is 1.27. The van der Waals surface area contributed by atoms with Crippen molar-refractivity contribution in [3.63, 3.8) is 0 Å². The first-order valence-electron chi connectivity index (χ1n) is 7.89. The van der Waals surface area contributed by atoms with Crippen LogP contribution in [0.3, 0.4) is 0 Å². The van der Waals surface area contributed by atoms with Gasteiger partial charge in [-0.2, -0.15) is 4.98 Å². The summed E-state index contributed by atoms with van der Waals surface area (Å²) < 4.78 is 30.2. The second-order valence-corrected chi connectivity index (χ2v) is 8.63. The SMILES string of the molecule is CC(NC1CCN(S(C)(=O)=O)CC1C)c1nc(C2CC2)no1. The molecule has 22 heavy (non-hydrogen) atoms. The summed E-state index contributed by atoms with van der Waals surface area (Å²) in [4.78, 5) is 4.47. The fourth-order valence-electron chi connectivity index (χ4n) is 2.98. The highest BCUT2D eigenvalue weighted by Crippen LogP contribution is 2.38. The number of piperidine rings is 1. The molecule has 0 radical (unpaired) electrons. The van der Waals surface area contributed by atoms with E-state index in [1.165, 1.54) is 6.26 Å². The van der Waals surface area contributed by atoms with Gasteiger partial charge in [0.25, 0.3) is 0 Å². The molecule has 3 unspecified atom stereocenters. The van der Waals surface area contributed by atoms with Crippen LogP contribution >= 0.6 is 0 Å². The lowest BCUT2D eigenvalue weighted by molar-refractivity contribution is 0.200. The molecule has 3 rings (SSSR count). The molecular weight excluding hydrogens is 304 g/mol. The Morgan fingerprint density at radius 2 is 2.09 bits per heavy atom. The van der Waals surface area contributed by atoms with Crippen LogP contribution in [0.25, 0.3) is 0 Å². The zero-order chi connectivity index (χ0) is 15.9. The minimum absolute atomic E-state index is 0.0165. The van der Waals surface area contributed by atoms with Gasteiger partial charge in [0.05, 0.1) is 12.3 Å². The predicted molar refractivity (Wildman–Crippen MR) is 81.8 cm³/mol. The summed E-state index contributed by atoms with van der Waals surface area (Å²) in [6.45, 7) is 5.20. The summed E-state index contributed by atoms with van der Waals surface area (Å²) in [5.41, 5.74) is 0. The Kier molecular flexibility index (Phi) is 4.26. The average Bonchev–Trinajstić information content (AvgIpc) is 3.17. The molecule has 2 aliphatic rings. The smallest absolute Gasteiger partial charge is 0.243 e. The van der Waals surface area contributed by atoms with Crippen molar-refractivity contribution < 1.29 is 12.9 Å². The number of hydrogen-bond donors (Lipinski definition) is 1. The molecule has 3 atom stereocenters. The van der Waals surface area contributed by atoms with E-state index in [1.54, 1.807) is 4.31 Å². The highest BCUT2D eigenvalue weighted by Gasteiger charge is 2.33. The van der Waals surface area contributed by atoms with E-state index in [1.807, 2.05) is 6.92 Å². The Labute approximate surface area is 131 Å². The van der Waals surface area contributed by atoms with Gasteiger partial charge in [0.1, 0.15) is 0 Å². The van der Waals surface area contributed by atoms with Gasteiger partial charge in [0.15, 0.2) is 5.82 Å². The van der Waals surface area contributed by atoms with Crippen LogP contribution in [0.1, 0.15) is 56.8 Å². The van der Waals surface area contributed by atoms with Crippen molar-refractivity contribution in [3.05, 3.63) is 11.7 Å². The first-order valence-corrected chi connectivity index (χ1v) is 9.74. The monoisotopic (exact) mass is 328 g/mol. The maximum atomic E-state index is 11.6. The van der Waals surface area contributed by atoms with Crippen LogP contribution in [0.4, 0.5) is 0 Å². The van der Waals surface area contributed by atoms with Crippen molar-refractivity contribution in [1.82, 2.24) is 19.8 Å². The van der Waals surface area contributed by atoms with Crippen molar-refractivity contribution in [3.8, 4) is 0 Å². The van der Waals surface area contributed by atoms with E-state index in [0.29, 0.717) is 24.9 Å². The third-order valence-corrected chi connectivity index (χ3v) is 5.84. The molecule has 8 heteroatoms. The summed E-state index contributed by atoms with van der Waals surface area (Å²) in [5, 5.41) is 7.55. The van der Waals surface area contributed by atoms with Gasteiger partial charge in [-0.05, 0) is 32.1 Å². The molecule has 1 aliphatic carbocycles.